The highest BCUT2D eigenvalue weighted by molar-refractivity contribution is 8.01. The van der Waals surface area contributed by atoms with Gasteiger partial charge in [-0.2, -0.15) is 0 Å². The predicted molar refractivity (Wildman–Crippen MR) is 75.0 cm³/mol. The standard InChI is InChI=1S/C12H12FN3OS2/c1-2-18-12-16-15-11(19-12)14-10(17)7-8-5-3-4-6-9(8)13/h3-6H,2,7H2,1H3,(H,14,15,17). The van der Waals surface area contributed by atoms with Crippen molar-refractivity contribution in [1.82, 2.24) is 10.2 Å². The molecular weight excluding hydrogens is 285 g/mol. The van der Waals surface area contributed by atoms with Crippen LogP contribution < -0.4 is 5.32 Å². The second kappa shape index (κ2) is 6.63. The van der Waals surface area contributed by atoms with E-state index < -0.39 is 0 Å². The zero-order valence-electron chi connectivity index (χ0n) is 10.2. The van der Waals surface area contributed by atoms with Crippen LogP contribution in [0.25, 0.3) is 0 Å². The molecule has 0 spiro atoms. The number of anilines is 1. The van der Waals surface area contributed by atoms with Crippen LogP contribution in [0.1, 0.15) is 12.5 Å². The SMILES string of the molecule is CCSc1nnc(NC(=O)Cc2ccccc2F)s1. The number of nitrogens with one attached hydrogen (secondary N) is 1. The van der Waals surface area contributed by atoms with E-state index in [0.717, 1.165) is 10.1 Å². The predicted octanol–water partition coefficient (Wildman–Crippen LogP) is 2.97. The number of thioether (sulfide) groups is 1. The number of nitrogens with zero attached hydrogens (tertiary/aromatic N) is 2. The molecule has 1 aromatic carbocycles. The van der Waals surface area contributed by atoms with Gasteiger partial charge in [-0.05, 0) is 17.4 Å². The highest BCUT2D eigenvalue weighted by atomic mass is 32.2. The first-order valence-electron chi connectivity index (χ1n) is 5.68. The molecule has 0 radical (unpaired) electrons. The van der Waals surface area contributed by atoms with Crippen molar-refractivity contribution in [3.8, 4) is 0 Å². The number of hydrogen-bond acceptors (Lipinski definition) is 5. The average Bonchev–Trinajstić information content (AvgIpc) is 2.80. The maximum Gasteiger partial charge on any atom is 0.230 e. The van der Waals surface area contributed by atoms with Gasteiger partial charge in [-0.15, -0.1) is 10.2 Å². The summed E-state index contributed by atoms with van der Waals surface area (Å²) in [4.78, 5) is 11.8. The van der Waals surface area contributed by atoms with Gasteiger partial charge < -0.3 is 5.32 Å². The number of halogens is 1. The smallest absolute Gasteiger partial charge is 0.230 e. The second-order valence-electron chi connectivity index (χ2n) is 3.62. The van der Waals surface area contributed by atoms with E-state index >= 15 is 0 Å². The molecule has 0 unspecified atom stereocenters. The van der Waals surface area contributed by atoms with Crippen molar-refractivity contribution < 1.29 is 9.18 Å². The normalized spacial score (nSPS) is 10.4. The van der Waals surface area contributed by atoms with Crippen LogP contribution in [0.2, 0.25) is 0 Å². The van der Waals surface area contributed by atoms with Crippen LogP contribution in [0, 0.1) is 5.82 Å². The van der Waals surface area contributed by atoms with Crippen molar-refractivity contribution in [3.05, 3.63) is 35.6 Å². The van der Waals surface area contributed by atoms with Gasteiger partial charge >= 0.3 is 0 Å². The molecule has 0 fully saturated rings. The molecule has 0 atom stereocenters. The Morgan fingerprint density at radius 3 is 2.95 bits per heavy atom. The molecule has 4 nitrogen and oxygen atoms in total. The summed E-state index contributed by atoms with van der Waals surface area (Å²) in [7, 11) is 0. The van der Waals surface area contributed by atoms with Crippen LogP contribution in [0.15, 0.2) is 28.6 Å². The average molecular weight is 297 g/mol. The summed E-state index contributed by atoms with van der Waals surface area (Å²) >= 11 is 2.88. The van der Waals surface area contributed by atoms with Gasteiger partial charge in [0.15, 0.2) is 4.34 Å². The van der Waals surface area contributed by atoms with Gasteiger partial charge in [0.2, 0.25) is 11.0 Å². The van der Waals surface area contributed by atoms with E-state index in [-0.39, 0.29) is 18.1 Å². The van der Waals surface area contributed by atoms with Gasteiger partial charge in [-0.1, -0.05) is 48.2 Å². The number of benzene rings is 1. The van der Waals surface area contributed by atoms with Gasteiger partial charge in [0.05, 0.1) is 6.42 Å². The van der Waals surface area contributed by atoms with Gasteiger partial charge in [0, 0.05) is 0 Å². The number of hydrogen-bond donors (Lipinski definition) is 1. The van der Waals surface area contributed by atoms with Crippen LogP contribution in [-0.2, 0) is 11.2 Å². The monoisotopic (exact) mass is 297 g/mol. The zero-order valence-corrected chi connectivity index (χ0v) is 11.9. The number of carbonyl (C=O) groups is 1. The van der Waals surface area contributed by atoms with Crippen LogP contribution >= 0.6 is 23.1 Å². The molecule has 19 heavy (non-hydrogen) atoms. The minimum absolute atomic E-state index is 0.0114. The maximum absolute atomic E-state index is 13.4. The lowest BCUT2D eigenvalue weighted by Gasteiger charge is -2.02. The third-order valence-corrected chi connectivity index (χ3v) is 4.08. The Morgan fingerprint density at radius 1 is 1.42 bits per heavy atom. The molecule has 1 aromatic heterocycles. The summed E-state index contributed by atoms with van der Waals surface area (Å²) in [5.74, 6) is 0.226. The van der Waals surface area contributed by atoms with Crippen LogP contribution in [0.4, 0.5) is 9.52 Å². The Bertz CT molecular complexity index is 574. The molecule has 0 saturated carbocycles. The summed E-state index contributed by atoms with van der Waals surface area (Å²) in [6.45, 7) is 2.02. The van der Waals surface area contributed by atoms with Gasteiger partial charge in [-0.3, -0.25) is 4.79 Å². The molecular formula is C12H12FN3OS2. The van der Waals surface area contributed by atoms with E-state index in [1.807, 2.05) is 6.92 Å². The number of carbonyl (C=O) groups excluding carboxylic acids is 1. The Morgan fingerprint density at radius 2 is 2.21 bits per heavy atom. The van der Waals surface area contributed by atoms with Crippen molar-refractivity contribution in [1.29, 1.82) is 0 Å². The van der Waals surface area contributed by atoms with Crippen molar-refractivity contribution in [2.24, 2.45) is 0 Å². The molecule has 1 amide bonds. The summed E-state index contributed by atoms with van der Waals surface area (Å²) < 4.78 is 14.2. The third kappa shape index (κ3) is 4.00. The maximum atomic E-state index is 13.4. The fraction of sp³-hybridized carbons (Fsp3) is 0.250. The second-order valence-corrected chi connectivity index (χ2v) is 6.11. The van der Waals surface area contributed by atoms with Crippen molar-refractivity contribution in [3.63, 3.8) is 0 Å². The van der Waals surface area contributed by atoms with Crippen molar-refractivity contribution in [2.75, 3.05) is 11.1 Å². The molecule has 1 heterocycles. The number of rotatable bonds is 5. The van der Waals surface area contributed by atoms with E-state index in [9.17, 15) is 9.18 Å². The summed E-state index contributed by atoms with van der Waals surface area (Å²) in [5.41, 5.74) is 0.368. The number of aromatic nitrogens is 2. The molecule has 100 valence electrons. The minimum Gasteiger partial charge on any atom is -0.300 e. The summed E-state index contributed by atoms with van der Waals surface area (Å²) in [5, 5.41) is 10.9. The van der Waals surface area contributed by atoms with Crippen molar-refractivity contribution in [2.45, 2.75) is 17.7 Å². The van der Waals surface area contributed by atoms with Gasteiger partial charge in [0.25, 0.3) is 0 Å². The molecule has 1 N–H and O–H groups in total. The van der Waals surface area contributed by atoms with Gasteiger partial charge in [-0.25, -0.2) is 4.39 Å². The molecule has 2 aromatic rings. The number of amides is 1. The fourth-order valence-electron chi connectivity index (χ4n) is 1.42. The van der Waals surface area contributed by atoms with E-state index in [1.54, 1.807) is 30.0 Å². The Hall–Kier alpha value is -1.47. The Kier molecular flexibility index (Phi) is 4.86. The van der Waals surface area contributed by atoms with E-state index in [4.69, 9.17) is 0 Å². The molecule has 2 rings (SSSR count). The largest absolute Gasteiger partial charge is 0.300 e. The molecule has 7 heteroatoms. The van der Waals surface area contributed by atoms with Crippen LogP contribution in [0.5, 0.6) is 0 Å². The highest BCUT2D eigenvalue weighted by Crippen LogP contribution is 2.25. The van der Waals surface area contributed by atoms with Crippen LogP contribution in [0.3, 0.4) is 0 Å². The Balaban J connectivity index is 1.95. The summed E-state index contributed by atoms with van der Waals surface area (Å²) in [6.07, 6.45) is -0.0114. The Labute approximate surface area is 118 Å². The molecule has 0 aliphatic rings. The van der Waals surface area contributed by atoms with E-state index in [1.165, 1.54) is 17.4 Å². The lowest BCUT2D eigenvalue weighted by atomic mass is 10.1. The zero-order chi connectivity index (χ0) is 13.7. The minimum atomic E-state index is -0.378. The molecule has 0 aliphatic heterocycles. The van der Waals surface area contributed by atoms with E-state index in [0.29, 0.717) is 10.7 Å². The highest BCUT2D eigenvalue weighted by Gasteiger charge is 2.10. The molecule has 0 aliphatic carbocycles. The lowest BCUT2D eigenvalue weighted by Crippen LogP contribution is -2.15. The first-order chi connectivity index (χ1) is 9.19. The molecule has 0 saturated heterocycles. The third-order valence-electron chi connectivity index (χ3n) is 2.23. The van der Waals surface area contributed by atoms with Crippen molar-refractivity contribution >= 4 is 34.1 Å². The first kappa shape index (κ1) is 14.0. The van der Waals surface area contributed by atoms with Crippen LogP contribution in [-0.4, -0.2) is 21.9 Å². The molecule has 0 bridgehead atoms. The van der Waals surface area contributed by atoms with E-state index in [2.05, 4.69) is 15.5 Å². The first-order valence-corrected chi connectivity index (χ1v) is 7.49. The quantitative estimate of drug-likeness (QED) is 0.681. The topological polar surface area (TPSA) is 54.9 Å². The summed E-state index contributed by atoms with van der Waals surface area (Å²) in [6, 6.07) is 6.22. The fourth-order valence-corrected chi connectivity index (χ4v) is 3.09. The van der Waals surface area contributed by atoms with Gasteiger partial charge in [0.1, 0.15) is 5.82 Å². The lowest BCUT2D eigenvalue weighted by molar-refractivity contribution is -0.115.